The molecule has 1 heterocycles. The Balaban J connectivity index is 2.75. The Hall–Kier alpha value is -1.89. The van der Waals surface area contributed by atoms with E-state index in [0.717, 1.165) is 28.9 Å². The summed E-state index contributed by atoms with van der Waals surface area (Å²) >= 11 is 0. The van der Waals surface area contributed by atoms with Gasteiger partial charge in [0.1, 0.15) is 0 Å². The van der Waals surface area contributed by atoms with Crippen LogP contribution in [0.2, 0.25) is 0 Å². The van der Waals surface area contributed by atoms with Crippen LogP contribution in [0.15, 0.2) is 43.0 Å². The lowest BCUT2D eigenvalue weighted by Crippen LogP contribution is -2.27. The number of hydrogen-bond donors (Lipinski definition) is 0. The highest BCUT2D eigenvalue weighted by molar-refractivity contribution is 5.78. The van der Waals surface area contributed by atoms with Crippen LogP contribution in [0.5, 0.6) is 0 Å². The van der Waals surface area contributed by atoms with Crippen LogP contribution in [0.25, 0.3) is 23.1 Å². The van der Waals surface area contributed by atoms with E-state index in [4.69, 9.17) is 4.98 Å². The van der Waals surface area contributed by atoms with Crippen molar-refractivity contribution in [2.24, 2.45) is 0 Å². The maximum absolute atomic E-state index is 4.70. The second-order valence-electron chi connectivity index (χ2n) is 4.05. The minimum absolute atomic E-state index is 1.05. The van der Waals surface area contributed by atoms with Crippen molar-refractivity contribution in [3.05, 3.63) is 53.6 Å². The van der Waals surface area contributed by atoms with Gasteiger partial charge < -0.3 is 0 Å². The molecule has 0 saturated heterocycles. The van der Waals surface area contributed by atoms with Crippen LogP contribution >= 0.6 is 0 Å². The molecule has 2 aromatic rings. The van der Waals surface area contributed by atoms with Crippen molar-refractivity contribution in [2.45, 2.75) is 19.8 Å². The first-order chi connectivity index (χ1) is 8.35. The number of fused-ring (bicyclic) bond motifs is 1. The van der Waals surface area contributed by atoms with Crippen molar-refractivity contribution in [3.63, 3.8) is 0 Å². The fourth-order valence-corrected chi connectivity index (χ4v) is 1.85. The monoisotopic (exact) mass is 223 g/mol. The summed E-state index contributed by atoms with van der Waals surface area (Å²) in [7, 11) is 0. The normalized spacial score (nSPS) is 13.2. The topological polar surface area (TPSA) is 12.9 Å². The van der Waals surface area contributed by atoms with E-state index in [0.29, 0.717) is 0 Å². The quantitative estimate of drug-likeness (QED) is 0.779. The van der Waals surface area contributed by atoms with Gasteiger partial charge >= 0.3 is 0 Å². The van der Waals surface area contributed by atoms with E-state index in [1.165, 1.54) is 5.39 Å². The maximum atomic E-state index is 4.70. The number of benzene rings is 1. The van der Waals surface area contributed by atoms with E-state index in [1.54, 1.807) is 0 Å². The van der Waals surface area contributed by atoms with Crippen molar-refractivity contribution in [1.82, 2.24) is 4.98 Å². The molecule has 0 unspecified atom stereocenters. The van der Waals surface area contributed by atoms with E-state index in [-0.39, 0.29) is 0 Å². The number of allylic oxidation sites excluding steroid dienone is 1. The van der Waals surface area contributed by atoms with Crippen LogP contribution in [0, 0.1) is 0 Å². The summed E-state index contributed by atoms with van der Waals surface area (Å²) in [5, 5.41) is 3.38. The van der Waals surface area contributed by atoms with E-state index >= 15 is 0 Å². The lowest BCUT2D eigenvalue weighted by atomic mass is 10.1. The molecular weight excluding hydrogens is 206 g/mol. The molecule has 17 heavy (non-hydrogen) atoms. The number of rotatable bonds is 3. The Morgan fingerprint density at radius 2 is 2.12 bits per heavy atom. The number of pyridine rings is 1. The van der Waals surface area contributed by atoms with Gasteiger partial charge in [0.25, 0.3) is 0 Å². The summed E-state index contributed by atoms with van der Waals surface area (Å²) in [6.07, 6.45) is 8.23. The SMILES string of the molecule is C=C/C=c1/cc2ccccc2n/c1=C/CCC. The predicted molar refractivity (Wildman–Crippen MR) is 75.0 cm³/mol. The molecule has 0 bridgehead atoms. The first-order valence-electron chi connectivity index (χ1n) is 6.04. The fourth-order valence-electron chi connectivity index (χ4n) is 1.85. The van der Waals surface area contributed by atoms with Gasteiger partial charge in [-0.25, -0.2) is 4.98 Å². The van der Waals surface area contributed by atoms with Gasteiger partial charge in [0.05, 0.1) is 10.9 Å². The highest BCUT2D eigenvalue weighted by atomic mass is 14.7. The molecule has 1 aromatic carbocycles. The van der Waals surface area contributed by atoms with Crippen LogP contribution in [-0.4, -0.2) is 4.98 Å². The summed E-state index contributed by atoms with van der Waals surface area (Å²) in [4.78, 5) is 4.70. The Bertz CT molecular complexity index is 638. The number of unbranched alkanes of at least 4 members (excludes halogenated alkanes) is 1. The second kappa shape index (κ2) is 5.44. The standard InChI is InChI=1S/C16H17N/c1-3-5-10-15-13(8-4-2)12-14-9-6-7-11-16(14)17-15/h4,6-12H,2-3,5H2,1H3/b13-8-,15-10+. The molecule has 86 valence electrons. The number of nitrogens with zero attached hydrogens (tertiary/aromatic N) is 1. The maximum Gasteiger partial charge on any atom is 0.0709 e. The first-order valence-corrected chi connectivity index (χ1v) is 6.04. The van der Waals surface area contributed by atoms with E-state index in [2.05, 4.69) is 37.8 Å². The van der Waals surface area contributed by atoms with Gasteiger partial charge in [0.15, 0.2) is 0 Å². The molecule has 0 N–H and O–H groups in total. The van der Waals surface area contributed by atoms with Crippen molar-refractivity contribution in [3.8, 4) is 0 Å². The van der Waals surface area contributed by atoms with E-state index in [9.17, 15) is 0 Å². The molecule has 0 spiro atoms. The summed E-state index contributed by atoms with van der Waals surface area (Å²) < 4.78 is 0. The van der Waals surface area contributed by atoms with Gasteiger partial charge in [-0.05, 0) is 18.6 Å². The van der Waals surface area contributed by atoms with Gasteiger partial charge in [-0.2, -0.15) is 0 Å². The van der Waals surface area contributed by atoms with E-state index < -0.39 is 0 Å². The zero-order valence-electron chi connectivity index (χ0n) is 10.2. The minimum atomic E-state index is 1.05. The molecule has 1 aromatic heterocycles. The van der Waals surface area contributed by atoms with Crippen LogP contribution in [-0.2, 0) is 0 Å². The molecule has 1 nitrogen and oxygen atoms in total. The highest BCUT2D eigenvalue weighted by Crippen LogP contribution is 2.05. The molecule has 0 fully saturated rings. The molecular formula is C16H17N. The number of hydrogen-bond acceptors (Lipinski definition) is 1. The third-order valence-corrected chi connectivity index (χ3v) is 2.71. The summed E-state index contributed by atoms with van der Waals surface area (Å²) in [6.45, 7) is 5.94. The summed E-state index contributed by atoms with van der Waals surface area (Å²) in [5.41, 5.74) is 1.05. The van der Waals surface area contributed by atoms with Crippen molar-refractivity contribution < 1.29 is 0 Å². The second-order valence-corrected chi connectivity index (χ2v) is 4.05. The molecule has 2 rings (SSSR count). The zero-order chi connectivity index (χ0) is 12.1. The lowest BCUT2D eigenvalue weighted by molar-refractivity contribution is 0.986. The first kappa shape index (κ1) is 11.6. The molecule has 0 aliphatic carbocycles. The molecule has 1 heteroatoms. The highest BCUT2D eigenvalue weighted by Gasteiger charge is 1.94. The lowest BCUT2D eigenvalue weighted by Gasteiger charge is -1.97. The fraction of sp³-hybridized carbons (Fsp3) is 0.188. The Morgan fingerprint density at radius 3 is 2.88 bits per heavy atom. The Morgan fingerprint density at radius 1 is 1.29 bits per heavy atom. The number of aromatic nitrogens is 1. The molecule has 0 saturated carbocycles. The molecule has 0 atom stereocenters. The van der Waals surface area contributed by atoms with Gasteiger partial charge in [0, 0.05) is 10.6 Å². The van der Waals surface area contributed by atoms with Crippen LogP contribution in [0.4, 0.5) is 0 Å². The van der Waals surface area contributed by atoms with Crippen molar-refractivity contribution >= 4 is 23.1 Å². The smallest absolute Gasteiger partial charge is 0.0709 e. The minimum Gasteiger partial charge on any atom is -0.248 e. The number of para-hydroxylation sites is 1. The summed E-state index contributed by atoms with van der Waals surface area (Å²) in [6, 6.07) is 10.4. The molecule has 0 radical (unpaired) electrons. The zero-order valence-corrected chi connectivity index (χ0v) is 10.2. The Kier molecular flexibility index (Phi) is 3.71. The predicted octanol–water partition coefficient (Wildman–Crippen LogP) is 2.78. The van der Waals surface area contributed by atoms with Gasteiger partial charge in [-0.15, -0.1) is 0 Å². The summed E-state index contributed by atoms with van der Waals surface area (Å²) in [5.74, 6) is 0. The Labute approximate surface area is 102 Å². The van der Waals surface area contributed by atoms with E-state index in [1.807, 2.05) is 24.3 Å². The van der Waals surface area contributed by atoms with Gasteiger partial charge in [-0.3, -0.25) is 0 Å². The average molecular weight is 223 g/mol. The van der Waals surface area contributed by atoms with Crippen LogP contribution in [0.3, 0.4) is 0 Å². The third kappa shape index (κ3) is 2.62. The molecule has 0 aliphatic heterocycles. The molecule has 0 aliphatic rings. The van der Waals surface area contributed by atoms with Crippen molar-refractivity contribution in [1.29, 1.82) is 0 Å². The van der Waals surface area contributed by atoms with Crippen molar-refractivity contribution in [2.75, 3.05) is 0 Å². The van der Waals surface area contributed by atoms with Crippen LogP contribution in [0.1, 0.15) is 19.8 Å². The largest absolute Gasteiger partial charge is 0.248 e. The van der Waals surface area contributed by atoms with Gasteiger partial charge in [0.2, 0.25) is 0 Å². The third-order valence-electron chi connectivity index (χ3n) is 2.71. The van der Waals surface area contributed by atoms with Gasteiger partial charge in [-0.1, -0.05) is 56.4 Å². The molecule has 0 amide bonds. The van der Waals surface area contributed by atoms with Crippen LogP contribution < -0.4 is 10.6 Å². The average Bonchev–Trinajstić information content (AvgIpc) is 2.36.